The summed E-state index contributed by atoms with van der Waals surface area (Å²) in [6, 6.07) is 3.39. The fourth-order valence-electron chi connectivity index (χ4n) is 1.68. The van der Waals surface area contributed by atoms with Crippen molar-refractivity contribution >= 4 is 34.1 Å². The number of amides is 2. The van der Waals surface area contributed by atoms with E-state index in [0.717, 1.165) is 0 Å². The van der Waals surface area contributed by atoms with E-state index in [1.165, 1.54) is 18.2 Å². The van der Waals surface area contributed by atoms with Crippen molar-refractivity contribution in [1.29, 1.82) is 0 Å². The van der Waals surface area contributed by atoms with Crippen molar-refractivity contribution in [3.05, 3.63) is 22.2 Å². The van der Waals surface area contributed by atoms with Gasteiger partial charge in [0, 0.05) is 14.1 Å². The molecular weight excluding hydrogens is 406 g/mol. The first kappa shape index (κ1) is 21.8. The van der Waals surface area contributed by atoms with Crippen LogP contribution in [0, 0.1) is 0 Å². The number of nitrogens with zero attached hydrogens (tertiary/aromatic N) is 2. The lowest BCUT2D eigenvalue weighted by Gasteiger charge is -2.18. The molecule has 1 aromatic carbocycles. The molecule has 0 heterocycles. The van der Waals surface area contributed by atoms with Crippen LogP contribution in [0.3, 0.4) is 0 Å². The highest BCUT2D eigenvalue weighted by Crippen LogP contribution is 2.36. The summed E-state index contributed by atoms with van der Waals surface area (Å²) in [4.78, 5) is 24.7. The normalized spacial score (nSPS) is 11.2. The van der Waals surface area contributed by atoms with E-state index in [1.54, 1.807) is 47.0 Å². The summed E-state index contributed by atoms with van der Waals surface area (Å²) in [5.74, 6) is 0.649. The summed E-state index contributed by atoms with van der Waals surface area (Å²) >= 11 is 3.38. The Labute approximate surface area is 161 Å². The van der Waals surface area contributed by atoms with Gasteiger partial charge in [-0.2, -0.15) is 5.10 Å². The number of hydrogen-bond donors (Lipinski definition) is 1. The molecule has 0 spiro atoms. The zero-order valence-corrected chi connectivity index (χ0v) is 17.3. The van der Waals surface area contributed by atoms with E-state index in [0.29, 0.717) is 21.5 Å². The molecule has 1 rings (SSSR count). The molecule has 26 heavy (non-hydrogen) atoms. The quantitative estimate of drug-likeness (QED) is 0.554. The van der Waals surface area contributed by atoms with Gasteiger partial charge in [0.1, 0.15) is 5.60 Å². The lowest BCUT2D eigenvalue weighted by atomic mass is 10.2. The van der Waals surface area contributed by atoms with Gasteiger partial charge in [0.2, 0.25) is 0 Å². The molecular formula is C17H24BrN3O5. The number of nitrogens with one attached hydrogen (secondary N) is 1. The van der Waals surface area contributed by atoms with Gasteiger partial charge in [0.25, 0.3) is 5.91 Å². The number of halogens is 1. The van der Waals surface area contributed by atoms with Crippen LogP contribution in [0.5, 0.6) is 11.5 Å². The summed E-state index contributed by atoms with van der Waals surface area (Å²) in [5.41, 5.74) is 2.33. The molecule has 1 aromatic rings. The molecule has 8 nitrogen and oxygen atoms in total. The number of likely N-dealkylation sites (N-methyl/N-ethyl adjacent to an activating group) is 1. The molecule has 0 unspecified atom stereocenters. The molecule has 1 N–H and O–H groups in total. The maximum Gasteiger partial charge on any atom is 0.428 e. The topological polar surface area (TPSA) is 89.5 Å². The Kier molecular flexibility index (Phi) is 7.88. The van der Waals surface area contributed by atoms with E-state index < -0.39 is 11.7 Å². The summed E-state index contributed by atoms with van der Waals surface area (Å²) < 4.78 is 16.5. The van der Waals surface area contributed by atoms with Crippen molar-refractivity contribution in [2.75, 3.05) is 27.8 Å². The van der Waals surface area contributed by atoms with Crippen molar-refractivity contribution in [3.63, 3.8) is 0 Å². The molecule has 0 radical (unpaired) electrons. The monoisotopic (exact) mass is 429 g/mol. The maximum absolute atomic E-state index is 11.7. The second-order valence-electron chi connectivity index (χ2n) is 6.48. The fraction of sp³-hybridized carbons (Fsp3) is 0.471. The first-order chi connectivity index (χ1) is 12.0. The van der Waals surface area contributed by atoms with Crippen LogP contribution in [0.25, 0.3) is 0 Å². The van der Waals surface area contributed by atoms with Gasteiger partial charge in [-0.3, -0.25) is 4.79 Å². The van der Waals surface area contributed by atoms with Gasteiger partial charge in [-0.05, 0) is 54.4 Å². The molecule has 9 heteroatoms. The molecule has 0 aromatic heterocycles. The van der Waals surface area contributed by atoms with Gasteiger partial charge >= 0.3 is 6.09 Å². The first-order valence-electron chi connectivity index (χ1n) is 7.76. The number of hydrogen-bond acceptors (Lipinski definition) is 6. The van der Waals surface area contributed by atoms with E-state index in [-0.39, 0.29) is 12.5 Å². The van der Waals surface area contributed by atoms with Crippen LogP contribution in [0.15, 0.2) is 21.7 Å². The number of carbonyl (C=O) groups excluding carboxylic acids is 2. The average Bonchev–Trinajstić information content (AvgIpc) is 2.51. The van der Waals surface area contributed by atoms with Crippen LogP contribution in [0.1, 0.15) is 26.3 Å². The molecule has 0 fully saturated rings. The van der Waals surface area contributed by atoms with E-state index >= 15 is 0 Å². The number of rotatable bonds is 6. The van der Waals surface area contributed by atoms with Crippen molar-refractivity contribution < 1.29 is 23.8 Å². The van der Waals surface area contributed by atoms with Gasteiger partial charge < -0.3 is 19.1 Å². The van der Waals surface area contributed by atoms with Crippen LogP contribution in [0.4, 0.5) is 4.79 Å². The number of carbonyl (C=O) groups is 2. The molecule has 0 aliphatic rings. The molecule has 0 atom stereocenters. The molecule has 0 bridgehead atoms. The Morgan fingerprint density at radius 1 is 1.31 bits per heavy atom. The maximum atomic E-state index is 11.7. The predicted octanol–water partition coefficient (Wildman–Crippen LogP) is 2.78. The summed E-state index contributed by atoms with van der Waals surface area (Å²) in [5, 5.41) is 3.84. The van der Waals surface area contributed by atoms with Crippen LogP contribution < -0.4 is 14.9 Å². The average molecular weight is 430 g/mol. The molecule has 0 aliphatic carbocycles. The summed E-state index contributed by atoms with van der Waals surface area (Å²) in [6.45, 7) is 5.17. The predicted molar refractivity (Wildman–Crippen MR) is 102 cm³/mol. The Morgan fingerprint density at radius 3 is 2.50 bits per heavy atom. The zero-order chi connectivity index (χ0) is 19.9. The highest BCUT2D eigenvalue weighted by Gasteiger charge is 2.16. The van der Waals surface area contributed by atoms with Gasteiger partial charge in [-0.1, -0.05) is 0 Å². The zero-order valence-electron chi connectivity index (χ0n) is 15.8. The molecule has 2 amide bonds. The molecule has 144 valence electrons. The van der Waals surface area contributed by atoms with Crippen molar-refractivity contribution in [3.8, 4) is 11.5 Å². The Balaban J connectivity index is 2.83. The van der Waals surface area contributed by atoms with E-state index in [9.17, 15) is 9.59 Å². The molecule has 0 saturated carbocycles. The number of methoxy groups -OCH3 is 1. The molecule has 0 aliphatic heterocycles. The van der Waals surface area contributed by atoms with Crippen molar-refractivity contribution in [1.82, 2.24) is 10.3 Å². The number of hydrazone groups is 1. The van der Waals surface area contributed by atoms with E-state index in [2.05, 4.69) is 26.5 Å². The number of ether oxygens (including phenoxy) is 3. The first-order valence-corrected chi connectivity index (χ1v) is 8.55. The van der Waals surface area contributed by atoms with Gasteiger partial charge in [0.15, 0.2) is 18.1 Å². The highest BCUT2D eigenvalue weighted by molar-refractivity contribution is 9.10. The van der Waals surface area contributed by atoms with Crippen LogP contribution in [0.2, 0.25) is 0 Å². The fourth-order valence-corrected chi connectivity index (χ4v) is 2.25. The number of benzene rings is 1. The Hall–Kier alpha value is -2.29. The third-order valence-corrected chi connectivity index (χ3v) is 3.45. The van der Waals surface area contributed by atoms with Crippen LogP contribution in [-0.2, 0) is 9.53 Å². The van der Waals surface area contributed by atoms with Gasteiger partial charge in [0.05, 0.1) is 17.8 Å². The van der Waals surface area contributed by atoms with Gasteiger partial charge in [-0.25, -0.2) is 10.2 Å². The standard InChI is InChI=1S/C17H24BrN3O5/c1-17(2,3)26-16(23)20-19-9-11-7-12(18)15(13(8-11)24-6)25-10-14(22)21(4)5/h7-9H,10H2,1-6H3,(H,20,23)/b19-9-. The van der Waals surface area contributed by atoms with Crippen molar-refractivity contribution in [2.45, 2.75) is 26.4 Å². The lowest BCUT2D eigenvalue weighted by molar-refractivity contribution is -0.130. The highest BCUT2D eigenvalue weighted by atomic mass is 79.9. The molecule has 0 saturated heterocycles. The summed E-state index contributed by atoms with van der Waals surface area (Å²) in [6.07, 6.45) is 0.785. The third-order valence-electron chi connectivity index (χ3n) is 2.86. The smallest absolute Gasteiger partial charge is 0.428 e. The van der Waals surface area contributed by atoms with Crippen molar-refractivity contribution in [2.24, 2.45) is 5.10 Å². The van der Waals surface area contributed by atoms with Crippen LogP contribution in [-0.4, -0.2) is 56.5 Å². The van der Waals surface area contributed by atoms with E-state index in [4.69, 9.17) is 14.2 Å². The second-order valence-corrected chi connectivity index (χ2v) is 7.34. The SMILES string of the molecule is COc1cc(/C=N\NC(=O)OC(C)(C)C)cc(Br)c1OCC(=O)N(C)C. The largest absolute Gasteiger partial charge is 0.493 e. The Morgan fingerprint density at radius 2 is 1.96 bits per heavy atom. The minimum Gasteiger partial charge on any atom is -0.493 e. The summed E-state index contributed by atoms with van der Waals surface area (Å²) in [7, 11) is 4.78. The van der Waals surface area contributed by atoms with E-state index in [1.807, 2.05) is 0 Å². The minimum absolute atomic E-state index is 0.115. The Bertz CT molecular complexity index is 684. The third kappa shape index (κ3) is 7.30. The van der Waals surface area contributed by atoms with Crippen LogP contribution >= 0.6 is 15.9 Å². The lowest BCUT2D eigenvalue weighted by Crippen LogP contribution is -2.29. The van der Waals surface area contributed by atoms with Gasteiger partial charge in [-0.15, -0.1) is 0 Å². The second kappa shape index (κ2) is 9.42. The minimum atomic E-state index is -0.651.